The molecule has 0 unspecified atom stereocenters. The van der Waals surface area contributed by atoms with Gasteiger partial charge in [-0.1, -0.05) is 29.8 Å². The molecule has 0 heterocycles. The zero-order valence-corrected chi connectivity index (χ0v) is 21.3. The first-order valence-electron chi connectivity index (χ1n) is 10.9. The van der Waals surface area contributed by atoms with Crippen LogP contribution in [-0.2, 0) is 14.8 Å². The van der Waals surface area contributed by atoms with Gasteiger partial charge in [0.1, 0.15) is 23.8 Å². The predicted octanol–water partition coefficient (Wildman–Crippen LogP) is 4.09. The van der Waals surface area contributed by atoms with Crippen LogP contribution in [0.15, 0.2) is 71.6 Å². The number of anilines is 1. The van der Waals surface area contributed by atoms with E-state index in [9.17, 15) is 13.2 Å². The number of carbonyl (C=O) groups is 1. The summed E-state index contributed by atoms with van der Waals surface area (Å²) in [7, 11) is 0.385. The van der Waals surface area contributed by atoms with E-state index < -0.39 is 22.5 Å². The molecule has 3 rings (SSSR count). The summed E-state index contributed by atoms with van der Waals surface area (Å²) in [4.78, 5) is 13.2. The van der Waals surface area contributed by atoms with Gasteiger partial charge in [0.25, 0.3) is 10.0 Å². The molecule has 0 aliphatic carbocycles. The van der Waals surface area contributed by atoms with Crippen molar-refractivity contribution >= 4 is 21.6 Å². The summed E-state index contributed by atoms with van der Waals surface area (Å²) in [6.45, 7) is 3.23. The number of aryl methyl sites for hydroxylation is 1. The molecule has 8 nitrogen and oxygen atoms in total. The Kier molecular flexibility index (Phi) is 8.24. The number of hydrogen-bond donors (Lipinski definition) is 1. The van der Waals surface area contributed by atoms with Gasteiger partial charge in [0.15, 0.2) is 0 Å². The van der Waals surface area contributed by atoms with Crippen LogP contribution < -0.4 is 23.8 Å². The zero-order valence-electron chi connectivity index (χ0n) is 20.4. The van der Waals surface area contributed by atoms with Crippen molar-refractivity contribution in [3.63, 3.8) is 0 Å². The lowest BCUT2D eigenvalue weighted by Crippen LogP contribution is -2.41. The van der Waals surface area contributed by atoms with Crippen LogP contribution in [0.1, 0.15) is 24.1 Å². The van der Waals surface area contributed by atoms with Crippen molar-refractivity contribution in [3.05, 3.63) is 77.9 Å². The van der Waals surface area contributed by atoms with Crippen molar-refractivity contribution < 1.29 is 27.4 Å². The van der Waals surface area contributed by atoms with Crippen LogP contribution in [0.3, 0.4) is 0 Å². The van der Waals surface area contributed by atoms with Gasteiger partial charge in [-0.2, -0.15) is 0 Å². The maximum atomic E-state index is 13.7. The first-order valence-corrected chi connectivity index (χ1v) is 12.4. The number of nitrogens with one attached hydrogen (secondary N) is 1. The van der Waals surface area contributed by atoms with E-state index in [1.54, 1.807) is 43.5 Å². The van der Waals surface area contributed by atoms with E-state index in [0.717, 1.165) is 15.4 Å². The predicted molar refractivity (Wildman–Crippen MR) is 135 cm³/mol. The molecule has 0 aromatic heterocycles. The van der Waals surface area contributed by atoms with E-state index in [0.29, 0.717) is 11.5 Å². The van der Waals surface area contributed by atoms with Gasteiger partial charge in [-0.3, -0.25) is 9.10 Å². The third-order valence-corrected chi connectivity index (χ3v) is 7.32. The van der Waals surface area contributed by atoms with E-state index in [4.69, 9.17) is 14.2 Å². The molecule has 9 heteroatoms. The lowest BCUT2D eigenvalue weighted by Gasteiger charge is -2.27. The number of nitrogens with zero attached hydrogens (tertiary/aromatic N) is 1. The van der Waals surface area contributed by atoms with E-state index in [2.05, 4.69) is 5.32 Å². The van der Waals surface area contributed by atoms with E-state index in [1.807, 2.05) is 26.0 Å². The molecule has 0 radical (unpaired) electrons. The summed E-state index contributed by atoms with van der Waals surface area (Å²) in [5, 5.41) is 2.87. The van der Waals surface area contributed by atoms with Crippen molar-refractivity contribution in [2.75, 3.05) is 32.2 Å². The van der Waals surface area contributed by atoms with Gasteiger partial charge in [0.2, 0.25) is 5.91 Å². The number of methoxy groups -OCH3 is 3. The van der Waals surface area contributed by atoms with Crippen molar-refractivity contribution in [2.45, 2.75) is 24.8 Å². The maximum absolute atomic E-state index is 13.7. The molecule has 0 aliphatic heterocycles. The second-order valence-corrected chi connectivity index (χ2v) is 9.79. The number of rotatable bonds is 10. The van der Waals surface area contributed by atoms with Gasteiger partial charge in [-0.15, -0.1) is 0 Å². The quantitative estimate of drug-likeness (QED) is 0.452. The van der Waals surface area contributed by atoms with Crippen LogP contribution in [0.5, 0.6) is 17.2 Å². The van der Waals surface area contributed by atoms with Crippen LogP contribution in [0.25, 0.3) is 0 Å². The summed E-state index contributed by atoms with van der Waals surface area (Å²) in [5.74, 6) is 0.941. The second-order valence-electron chi connectivity index (χ2n) is 7.92. The molecule has 0 aliphatic rings. The highest BCUT2D eigenvalue weighted by Gasteiger charge is 2.30. The Morgan fingerprint density at radius 1 is 0.886 bits per heavy atom. The van der Waals surface area contributed by atoms with Crippen LogP contribution in [0.2, 0.25) is 0 Å². The number of hydrogen-bond acceptors (Lipinski definition) is 6. The normalized spacial score (nSPS) is 11.9. The van der Waals surface area contributed by atoms with Crippen molar-refractivity contribution in [3.8, 4) is 17.2 Å². The second kappa shape index (κ2) is 11.1. The highest BCUT2D eigenvalue weighted by atomic mass is 32.2. The fraction of sp³-hybridized carbons (Fsp3) is 0.269. The molecule has 1 amide bonds. The van der Waals surface area contributed by atoms with E-state index >= 15 is 0 Å². The van der Waals surface area contributed by atoms with Gasteiger partial charge < -0.3 is 19.5 Å². The Bertz CT molecular complexity index is 1260. The van der Waals surface area contributed by atoms with Gasteiger partial charge in [0, 0.05) is 6.07 Å². The van der Waals surface area contributed by atoms with Gasteiger partial charge >= 0.3 is 0 Å². The Morgan fingerprint density at radius 3 is 2.06 bits per heavy atom. The highest BCUT2D eigenvalue weighted by molar-refractivity contribution is 7.92. The maximum Gasteiger partial charge on any atom is 0.264 e. The van der Waals surface area contributed by atoms with Crippen LogP contribution >= 0.6 is 0 Å². The molecular weight excluding hydrogens is 468 g/mol. The van der Waals surface area contributed by atoms with Crippen molar-refractivity contribution in [1.82, 2.24) is 5.32 Å². The standard InChI is InChI=1S/C26H30N2O6S/c1-18-6-13-23(14-7-18)35(30,31)28(24-16-22(33-4)12-15-25(24)34-5)17-26(29)27-19(2)20-8-10-21(32-3)11-9-20/h6-16,19H,17H2,1-5H3,(H,27,29)/t19-/m0/s1. The van der Waals surface area contributed by atoms with E-state index in [-0.39, 0.29) is 22.4 Å². The number of carbonyl (C=O) groups excluding carboxylic acids is 1. The van der Waals surface area contributed by atoms with Crippen LogP contribution in [-0.4, -0.2) is 42.2 Å². The SMILES string of the molecule is COc1ccc([C@H](C)NC(=O)CN(c2cc(OC)ccc2OC)S(=O)(=O)c2ccc(C)cc2)cc1. The molecule has 0 fully saturated rings. The smallest absolute Gasteiger partial charge is 0.264 e. The Morgan fingerprint density at radius 2 is 1.49 bits per heavy atom. The largest absolute Gasteiger partial charge is 0.497 e. The molecule has 0 bridgehead atoms. The molecule has 3 aromatic carbocycles. The highest BCUT2D eigenvalue weighted by Crippen LogP contribution is 2.35. The molecular formula is C26H30N2O6S. The lowest BCUT2D eigenvalue weighted by molar-refractivity contribution is -0.120. The monoisotopic (exact) mass is 498 g/mol. The summed E-state index contributed by atoms with van der Waals surface area (Å²) in [6, 6.07) is 18.2. The number of amides is 1. The molecule has 0 spiro atoms. The Hall–Kier alpha value is -3.72. The topological polar surface area (TPSA) is 94.2 Å². The number of benzene rings is 3. The molecule has 186 valence electrons. The minimum absolute atomic E-state index is 0.0592. The summed E-state index contributed by atoms with van der Waals surface area (Å²) in [6.07, 6.45) is 0. The Labute approximate surface area is 206 Å². The molecule has 35 heavy (non-hydrogen) atoms. The third-order valence-electron chi connectivity index (χ3n) is 5.54. The molecule has 0 saturated heterocycles. The molecule has 1 N–H and O–H groups in total. The summed E-state index contributed by atoms with van der Waals surface area (Å²) >= 11 is 0. The third kappa shape index (κ3) is 6.05. The average molecular weight is 499 g/mol. The minimum atomic E-state index is -4.11. The van der Waals surface area contributed by atoms with Gasteiger partial charge in [-0.25, -0.2) is 8.42 Å². The van der Waals surface area contributed by atoms with E-state index in [1.165, 1.54) is 32.4 Å². The summed E-state index contributed by atoms with van der Waals surface area (Å²) < 4.78 is 44.4. The number of ether oxygens (including phenoxy) is 3. The molecule has 1 atom stereocenters. The number of sulfonamides is 1. The zero-order chi connectivity index (χ0) is 25.6. The van der Waals surface area contributed by atoms with Crippen LogP contribution in [0.4, 0.5) is 5.69 Å². The lowest BCUT2D eigenvalue weighted by atomic mass is 10.1. The fourth-order valence-corrected chi connectivity index (χ4v) is 4.95. The van der Waals surface area contributed by atoms with Crippen LogP contribution in [0, 0.1) is 6.92 Å². The average Bonchev–Trinajstić information content (AvgIpc) is 2.87. The molecule has 3 aromatic rings. The minimum Gasteiger partial charge on any atom is -0.497 e. The van der Waals surface area contributed by atoms with Crippen molar-refractivity contribution in [1.29, 1.82) is 0 Å². The summed E-state index contributed by atoms with van der Waals surface area (Å²) in [5.41, 5.74) is 1.96. The first kappa shape index (κ1) is 25.9. The fourth-order valence-electron chi connectivity index (χ4n) is 3.52. The Balaban J connectivity index is 1.97. The molecule has 0 saturated carbocycles. The van der Waals surface area contributed by atoms with Crippen molar-refractivity contribution in [2.24, 2.45) is 0 Å². The van der Waals surface area contributed by atoms with Gasteiger partial charge in [0.05, 0.1) is 38.0 Å². The first-order chi connectivity index (χ1) is 16.7. The van der Waals surface area contributed by atoms with Gasteiger partial charge in [-0.05, 0) is 55.8 Å².